The van der Waals surface area contributed by atoms with Gasteiger partial charge in [0.05, 0.1) is 5.52 Å². The van der Waals surface area contributed by atoms with E-state index in [0.29, 0.717) is 17.4 Å². The van der Waals surface area contributed by atoms with Crippen LogP contribution < -0.4 is 10.6 Å². The molecule has 0 atom stereocenters. The number of pyridine rings is 1. The van der Waals surface area contributed by atoms with Crippen molar-refractivity contribution in [1.29, 1.82) is 0 Å². The molecular weight excluding hydrogens is 310 g/mol. The molecule has 0 aliphatic heterocycles. The molecule has 2 rings (SSSR count). The van der Waals surface area contributed by atoms with Gasteiger partial charge in [0.2, 0.25) is 5.91 Å². The number of nitrogens with zero attached hydrogens (tertiary/aromatic N) is 1. The number of amides is 1. The van der Waals surface area contributed by atoms with Gasteiger partial charge in [-0.25, -0.2) is 0 Å². The van der Waals surface area contributed by atoms with E-state index < -0.39 is 0 Å². The molecule has 1 aromatic carbocycles. The number of rotatable bonds is 8. The number of carbonyl (C=O) groups is 1. The minimum atomic E-state index is 0.143. The maximum Gasteiger partial charge on any atom is 0.220 e. The number of nitrogens with one attached hydrogen (secondary N) is 2. The fourth-order valence-electron chi connectivity index (χ4n) is 2.42. The standard InChI is InChI=1S/C18H24ClN3O/c1-13(2)11-18(23)22-9-4-3-8-20-16-7-10-21-17-12-14(19)5-6-15(16)17/h5-7,10,12-13H,3-4,8-9,11H2,1-2H3,(H,20,21)(H,22,23). The highest BCUT2D eigenvalue weighted by Crippen LogP contribution is 2.24. The average molecular weight is 334 g/mol. The van der Waals surface area contributed by atoms with Crippen molar-refractivity contribution in [3.8, 4) is 0 Å². The van der Waals surface area contributed by atoms with Gasteiger partial charge in [-0.3, -0.25) is 9.78 Å². The molecule has 2 aromatic rings. The lowest BCUT2D eigenvalue weighted by Crippen LogP contribution is -2.25. The third-order valence-electron chi connectivity index (χ3n) is 3.54. The lowest BCUT2D eigenvalue weighted by atomic mass is 10.1. The highest BCUT2D eigenvalue weighted by atomic mass is 35.5. The SMILES string of the molecule is CC(C)CC(=O)NCCCCNc1ccnc2cc(Cl)ccc12. The Morgan fingerprint density at radius 1 is 1.22 bits per heavy atom. The minimum Gasteiger partial charge on any atom is -0.384 e. The highest BCUT2D eigenvalue weighted by molar-refractivity contribution is 6.31. The molecule has 0 radical (unpaired) electrons. The number of anilines is 1. The predicted molar refractivity (Wildman–Crippen MR) is 96.9 cm³/mol. The van der Waals surface area contributed by atoms with Crippen LogP contribution in [0.2, 0.25) is 5.02 Å². The van der Waals surface area contributed by atoms with Gasteiger partial charge in [-0.05, 0) is 43.0 Å². The number of hydrogen-bond donors (Lipinski definition) is 2. The average Bonchev–Trinajstić information content (AvgIpc) is 2.49. The summed E-state index contributed by atoms with van der Waals surface area (Å²) in [5, 5.41) is 8.15. The Kier molecular flexibility index (Phi) is 6.66. The van der Waals surface area contributed by atoms with Crippen LogP contribution in [0.15, 0.2) is 30.5 Å². The molecule has 0 bridgehead atoms. The number of unbranched alkanes of at least 4 members (excludes halogenated alkanes) is 1. The summed E-state index contributed by atoms with van der Waals surface area (Å²) in [5.74, 6) is 0.551. The lowest BCUT2D eigenvalue weighted by molar-refractivity contribution is -0.121. The van der Waals surface area contributed by atoms with E-state index in [4.69, 9.17) is 11.6 Å². The molecule has 0 fully saturated rings. The molecule has 1 aromatic heterocycles. The Bertz CT molecular complexity index is 658. The summed E-state index contributed by atoms with van der Waals surface area (Å²) < 4.78 is 0. The molecule has 23 heavy (non-hydrogen) atoms. The van der Waals surface area contributed by atoms with Gasteiger partial charge in [-0.2, -0.15) is 0 Å². The van der Waals surface area contributed by atoms with Crippen LogP contribution in [0.1, 0.15) is 33.1 Å². The quantitative estimate of drug-likeness (QED) is 0.710. The molecule has 0 saturated heterocycles. The van der Waals surface area contributed by atoms with Gasteiger partial charge in [0.15, 0.2) is 0 Å². The summed E-state index contributed by atoms with van der Waals surface area (Å²) in [7, 11) is 0. The van der Waals surface area contributed by atoms with Crippen LogP contribution in [-0.2, 0) is 4.79 Å². The van der Waals surface area contributed by atoms with Gasteiger partial charge in [0, 0.05) is 41.8 Å². The third kappa shape index (κ3) is 5.71. The molecule has 124 valence electrons. The summed E-state index contributed by atoms with van der Waals surface area (Å²) >= 11 is 5.99. The van der Waals surface area contributed by atoms with E-state index in [0.717, 1.165) is 42.5 Å². The van der Waals surface area contributed by atoms with Crippen molar-refractivity contribution in [2.45, 2.75) is 33.1 Å². The topological polar surface area (TPSA) is 54.0 Å². The van der Waals surface area contributed by atoms with Crippen molar-refractivity contribution < 1.29 is 4.79 Å². The summed E-state index contributed by atoms with van der Waals surface area (Å²) in [6.45, 7) is 5.70. The van der Waals surface area contributed by atoms with Crippen LogP contribution in [0.3, 0.4) is 0 Å². The molecule has 4 nitrogen and oxygen atoms in total. The number of aromatic nitrogens is 1. The van der Waals surface area contributed by atoms with Gasteiger partial charge in [0.1, 0.15) is 0 Å². The summed E-state index contributed by atoms with van der Waals surface area (Å²) in [5.41, 5.74) is 1.96. The van der Waals surface area contributed by atoms with Crippen LogP contribution in [0, 0.1) is 5.92 Å². The first-order valence-electron chi connectivity index (χ1n) is 8.11. The van der Waals surface area contributed by atoms with Crippen molar-refractivity contribution in [1.82, 2.24) is 10.3 Å². The fraction of sp³-hybridized carbons (Fsp3) is 0.444. The number of fused-ring (bicyclic) bond motifs is 1. The maximum absolute atomic E-state index is 11.5. The normalized spacial score (nSPS) is 11.0. The number of halogens is 1. The van der Waals surface area contributed by atoms with Crippen LogP contribution in [0.25, 0.3) is 10.9 Å². The van der Waals surface area contributed by atoms with Crippen LogP contribution in [-0.4, -0.2) is 24.0 Å². The molecule has 2 N–H and O–H groups in total. The van der Waals surface area contributed by atoms with Crippen molar-refractivity contribution in [3.63, 3.8) is 0 Å². The molecule has 1 amide bonds. The third-order valence-corrected chi connectivity index (χ3v) is 3.77. The summed E-state index contributed by atoms with van der Waals surface area (Å²) in [6.07, 6.45) is 4.35. The van der Waals surface area contributed by atoms with E-state index in [1.165, 1.54) is 0 Å². The first-order chi connectivity index (χ1) is 11.1. The van der Waals surface area contributed by atoms with Crippen molar-refractivity contribution >= 4 is 34.1 Å². The number of carbonyl (C=O) groups excluding carboxylic acids is 1. The van der Waals surface area contributed by atoms with E-state index in [2.05, 4.69) is 29.5 Å². The van der Waals surface area contributed by atoms with Gasteiger partial charge in [-0.1, -0.05) is 25.4 Å². The van der Waals surface area contributed by atoms with Gasteiger partial charge in [-0.15, -0.1) is 0 Å². The molecule has 0 aliphatic carbocycles. The van der Waals surface area contributed by atoms with E-state index >= 15 is 0 Å². The Labute approximate surface area is 142 Å². The monoisotopic (exact) mass is 333 g/mol. The van der Waals surface area contributed by atoms with Gasteiger partial charge >= 0.3 is 0 Å². The largest absolute Gasteiger partial charge is 0.384 e. The Hall–Kier alpha value is -1.81. The van der Waals surface area contributed by atoms with Crippen molar-refractivity contribution in [2.75, 3.05) is 18.4 Å². The summed E-state index contributed by atoms with van der Waals surface area (Å²) in [6, 6.07) is 7.70. The Balaban J connectivity index is 1.74. The number of hydrogen-bond acceptors (Lipinski definition) is 3. The van der Waals surface area contributed by atoms with E-state index in [1.807, 2.05) is 24.3 Å². The lowest BCUT2D eigenvalue weighted by Gasteiger charge is -2.10. The molecule has 0 unspecified atom stereocenters. The zero-order valence-electron chi connectivity index (χ0n) is 13.7. The van der Waals surface area contributed by atoms with Crippen LogP contribution in [0.4, 0.5) is 5.69 Å². The van der Waals surface area contributed by atoms with Gasteiger partial charge < -0.3 is 10.6 Å². The zero-order valence-corrected chi connectivity index (χ0v) is 14.5. The Morgan fingerprint density at radius 2 is 2.00 bits per heavy atom. The smallest absolute Gasteiger partial charge is 0.220 e. The summed E-state index contributed by atoms with van der Waals surface area (Å²) in [4.78, 5) is 15.9. The second-order valence-corrected chi connectivity index (χ2v) is 6.54. The van der Waals surface area contributed by atoms with E-state index in [-0.39, 0.29) is 5.91 Å². The number of benzene rings is 1. The van der Waals surface area contributed by atoms with Crippen molar-refractivity contribution in [3.05, 3.63) is 35.5 Å². The first-order valence-corrected chi connectivity index (χ1v) is 8.49. The molecule has 0 spiro atoms. The molecule has 1 heterocycles. The predicted octanol–water partition coefficient (Wildman–Crippen LogP) is 4.24. The molecular formula is C18H24ClN3O. The van der Waals surface area contributed by atoms with Gasteiger partial charge in [0.25, 0.3) is 0 Å². The fourth-order valence-corrected chi connectivity index (χ4v) is 2.59. The Morgan fingerprint density at radius 3 is 2.78 bits per heavy atom. The maximum atomic E-state index is 11.5. The van der Waals surface area contributed by atoms with Crippen LogP contribution >= 0.6 is 11.6 Å². The highest BCUT2D eigenvalue weighted by Gasteiger charge is 2.04. The van der Waals surface area contributed by atoms with E-state index in [1.54, 1.807) is 6.20 Å². The zero-order chi connectivity index (χ0) is 16.7. The first kappa shape index (κ1) is 17.5. The molecule has 0 aliphatic rings. The second kappa shape index (κ2) is 8.73. The van der Waals surface area contributed by atoms with Crippen molar-refractivity contribution in [2.24, 2.45) is 5.92 Å². The second-order valence-electron chi connectivity index (χ2n) is 6.10. The minimum absolute atomic E-state index is 0.143. The molecule has 5 heteroatoms. The van der Waals surface area contributed by atoms with E-state index in [9.17, 15) is 4.79 Å². The van der Waals surface area contributed by atoms with Crippen LogP contribution in [0.5, 0.6) is 0 Å². The molecule has 0 saturated carbocycles.